The third-order valence-corrected chi connectivity index (χ3v) is 5.80. The van der Waals surface area contributed by atoms with Crippen LogP contribution in [0.1, 0.15) is 23.2 Å². The van der Waals surface area contributed by atoms with Crippen LogP contribution in [0.25, 0.3) is 0 Å². The fraction of sp³-hybridized carbons (Fsp3) is 0.500. The van der Waals surface area contributed by atoms with Crippen molar-refractivity contribution in [3.8, 4) is 0 Å². The fourth-order valence-electron chi connectivity index (χ4n) is 2.52. The Kier molecular flexibility index (Phi) is 5.15. The van der Waals surface area contributed by atoms with Gasteiger partial charge >= 0.3 is 5.97 Å². The number of benzene rings is 1. The molecule has 0 spiro atoms. The van der Waals surface area contributed by atoms with E-state index in [9.17, 15) is 17.6 Å². The van der Waals surface area contributed by atoms with Crippen molar-refractivity contribution in [2.24, 2.45) is 0 Å². The molecule has 1 aliphatic rings. The molecule has 6 nitrogen and oxygen atoms in total. The van der Waals surface area contributed by atoms with E-state index in [1.54, 1.807) is 0 Å². The number of piperidine rings is 1. The van der Waals surface area contributed by atoms with E-state index >= 15 is 0 Å². The Morgan fingerprint density at radius 3 is 2.59 bits per heavy atom. The van der Waals surface area contributed by atoms with Gasteiger partial charge in [-0.2, -0.15) is 4.31 Å². The molecule has 22 heavy (non-hydrogen) atoms. The zero-order valence-corrected chi connectivity index (χ0v) is 13.3. The van der Waals surface area contributed by atoms with Crippen LogP contribution in [-0.2, 0) is 14.8 Å². The second-order valence-corrected chi connectivity index (χ2v) is 7.10. The van der Waals surface area contributed by atoms with Crippen molar-refractivity contribution in [2.75, 3.05) is 27.2 Å². The summed E-state index contributed by atoms with van der Waals surface area (Å²) >= 11 is 0. The Hall–Kier alpha value is -1.51. The van der Waals surface area contributed by atoms with Crippen molar-refractivity contribution in [1.29, 1.82) is 0 Å². The van der Waals surface area contributed by atoms with Crippen LogP contribution in [0.3, 0.4) is 0 Å². The number of esters is 1. The van der Waals surface area contributed by atoms with E-state index in [0.717, 1.165) is 38.4 Å². The van der Waals surface area contributed by atoms with Crippen LogP contribution in [-0.4, -0.2) is 52.0 Å². The van der Waals surface area contributed by atoms with Crippen molar-refractivity contribution in [3.05, 3.63) is 29.6 Å². The molecule has 1 aliphatic heterocycles. The number of hydrogen-bond acceptors (Lipinski definition) is 5. The fourth-order valence-corrected chi connectivity index (χ4v) is 4.09. The van der Waals surface area contributed by atoms with Gasteiger partial charge in [-0.3, -0.25) is 0 Å². The molecule has 0 aliphatic carbocycles. The predicted molar refractivity (Wildman–Crippen MR) is 78.6 cm³/mol. The lowest BCUT2D eigenvalue weighted by Gasteiger charge is -2.31. The minimum Gasteiger partial charge on any atom is -0.465 e. The first-order valence-corrected chi connectivity index (χ1v) is 8.38. The van der Waals surface area contributed by atoms with Gasteiger partial charge < -0.3 is 10.1 Å². The van der Waals surface area contributed by atoms with Gasteiger partial charge in [0.25, 0.3) is 0 Å². The van der Waals surface area contributed by atoms with E-state index in [4.69, 9.17) is 0 Å². The Morgan fingerprint density at radius 2 is 2.00 bits per heavy atom. The summed E-state index contributed by atoms with van der Waals surface area (Å²) < 4.78 is 44.7. The molecule has 0 unspecified atom stereocenters. The molecule has 0 bridgehead atoms. The molecule has 2 rings (SSSR count). The highest BCUT2D eigenvalue weighted by atomic mass is 32.2. The highest BCUT2D eigenvalue weighted by molar-refractivity contribution is 7.89. The molecular formula is C14H19FN2O4S. The summed E-state index contributed by atoms with van der Waals surface area (Å²) in [4.78, 5) is 11.5. The van der Waals surface area contributed by atoms with Crippen molar-refractivity contribution in [1.82, 2.24) is 9.62 Å². The summed E-state index contributed by atoms with van der Waals surface area (Å²) in [6.07, 6.45) is 1.37. The second-order valence-electron chi connectivity index (χ2n) is 5.13. The molecule has 1 aromatic rings. The second kappa shape index (κ2) is 6.72. The van der Waals surface area contributed by atoms with Gasteiger partial charge in [0, 0.05) is 13.1 Å². The first kappa shape index (κ1) is 16.9. The number of carbonyl (C=O) groups is 1. The Balaban J connectivity index is 2.42. The molecular weight excluding hydrogens is 311 g/mol. The summed E-state index contributed by atoms with van der Waals surface area (Å²) in [5.74, 6) is -1.57. The first-order valence-electron chi connectivity index (χ1n) is 6.94. The summed E-state index contributed by atoms with van der Waals surface area (Å²) in [6.45, 7) is 1.47. The number of sulfonamides is 1. The van der Waals surface area contributed by atoms with Crippen LogP contribution in [0.4, 0.5) is 4.39 Å². The molecule has 0 saturated carbocycles. The van der Waals surface area contributed by atoms with Gasteiger partial charge in [0.2, 0.25) is 10.0 Å². The normalized spacial score (nSPS) is 16.7. The number of rotatable bonds is 4. The predicted octanol–water partition coefficient (Wildman–Crippen LogP) is 0.985. The average Bonchev–Trinajstić information content (AvgIpc) is 2.53. The van der Waals surface area contributed by atoms with Crippen LogP contribution >= 0.6 is 0 Å². The molecule has 1 N–H and O–H groups in total. The monoisotopic (exact) mass is 330 g/mol. The van der Waals surface area contributed by atoms with Crippen LogP contribution in [0.15, 0.2) is 23.1 Å². The van der Waals surface area contributed by atoms with Crippen LogP contribution in [0.5, 0.6) is 0 Å². The van der Waals surface area contributed by atoms with Crippen molar-refractivity contribution >= 4 is 16.0 Å². The van der Waals surface area contributed by atoms with Gasteiger partial charge in [-0.15, -0.1) is 0 Å². The maximum absolute atomic E-state index is 13.4. The van der Waals surface area contributed by atoms with E-state index in [0.29, 0.717) is 12.8 Å². The number of methoxy groups -OCH3 is 1. The maximum Gasteiger partial charge on any atom is 0.339 e. The Labute approximate surface area is 129 Å². The van der Waals surface area contributed by atoms with Gasteiger partial charge in [0.15, 0.2) is 0 Å². The summed E-state index contributed by atoms with van der Waals surface area (Å²) in [6, 6.07) is 2.86. The number of nitrogens with zero attached hydrogens (tertiary/aromatic N) is 1. The largest absolute Gasteiger partial charge is 0.465 e. The third kappa shape index (κ3) is 3.29. The van der Waals surface area contributed by atoms with Crippen molar-refractivity contribution in [2.45, 2.75) is 23.8 Å². The molecule has 122 valence electrons. The number of carbonyl (C=O) groups excluding carboxylic acids is 1. The SMILES string of the molecule is COC(=O)c1cc(F)ccc1S(=O)(=O)N(C)C1CCNCC1. The highest BCUT2D eigenvalue weighted by Crippen LogP contribution is 2.25. The summed E-state index contributed by atoms with van der Waals surface area (Å²) in [5, 5.41) is 3.16. The minimum atomic E-state index is -3.90. The average molecular weight is 330 g/mol. The van der Waals surface area contributed by atoms with E-state index < -0.39 is 21.8 Å². The van der Waals surface area contributed by atoms with Gasteiger partial charge in [-0.05, 0) is 44.1 Å². The number of halogens is 1. The van der Waals surface area contributed by atoms with E-state index in [1.165, 1.54) is 11.4 Å². The van der Waals surface area contributed by atoms with Gasteiger partial charge in [-0.25, -0.2) is 17.6 Å². The molecule has 0 amide bonds. The molecule has 8 heteroatoms. The molecule has 1 fully saturated rings. The van der Waals surface area contributed by atoms with Gasteiger partial charge in [-0.1, -0.05) is 0 Å². The van der Waals surface area contributed by atoms with Gasteiger partial charge in [0.1, 0.15) is 5.82 Å². The highest BCUT2D eigenvalue weighted by Gasteiger charge is 2.32. The molecule has 0 atom stereocenters. The van der Waals surface area contributed by atoms with Crippen LogP contribution < -0.4 is 5.32 Å². The lowest BCUT2D eigenvalue weighted by Crippen LogP contribution is -2.44. The van der Waals surface area contributed by atoms with Crippen molar-refractivity contribution in [3.63, 3.8) is 0 Å². The first-order chi connectivity index (χ1) is 10.4. The Bertz CT molecular complexity index is 657. The number of ether oxygens (including phenoxy) is 1. The molecule has 1 aromatic carbocycles. The molecule has 0 radical (unpaired) electrons. The molecule has 0 aromatic heterocycles. The topological polar surface area (TPSA) is 75.7 Å². The van der Waals surface area contributed by atoms with Gasteiger partial charge in [0.05, 0.1) is 17.6 Å². The number of nitrogens with one attached hydrogen (secondary N) is 1. The minimum absolute atomic E-state index is 0.151. The zero-order chi connectivity index (χ0) is 16.3. The van der Waals surface area contributed by atoms with Crippen LogP contribution in [0, 0.1) is 5.82 Å². The van der Waals surface area contributed by atoms with E-state index in [1.807, 2.05) is 0 Å². The summed E-state index contributed by atoms with van der Waals surface area (Å²) in [7, 11) is -1.30. The maximum atomic E-state index is 13.4. The smallest absolute Gasteiger partial charge is 0.339 e. The van der Waals surface area contributed by atoms with Crippen LogP contribution in [0.2, 0.25) is 0 Å². The van der Waals surface area contributed by atoms with E-state index in [-0.39, 0.29) is 16.5 Å². The zero-order valence-electron chi connectivity index (χ0n) is 12.5. The van der Waals surface area contributed by atoms with Crippen molar-refractivity contribution < 1.29 is 22.3 Å². The number of hydrogen-bond donors (Lipinski definition) is 1. The lowest BCUT2D eigenvalue weighted by molar-refractivity contribution is 0.0595. The third-order valence-electron chi connectivity index (χ3n) is 3.83. The Morgan fingerprint density at radius 1 is 1.36 bits per heavy atom. The standard InChI is InChI=1S/C14H19FN2O4S/c1-17(11-5-7-16-8-6-11)22(19,20)13-4-3-10(15)9-12(13)14(18)21-2/h3-4,9,11,16H,5-8H2,1-2H3. The molecule has 1 heterocycles. The lowest BCUT2D eigenvalue weighted by atomic mass is 10.1. The summed E-state index contributed by atoms with van der Waals surface area (Å²) in [5.41, 5.74) is -0.289. The molecule has 1 saturated heterocycles. The quantitative estimate of drug-likeness (QED) is 0.833. The van der Waals surface area contributed by atoms with E-state index in [2.05, 4.69) is 10.1 Å².